The Balaban J connectivity index is 2.42. The van der Waals surface area contributed by atoms with Gasteiger partial charge in [-0.05, 0) is 17.7 Å². The van der Waals surface area contributed by atoms with E-state index in [2.05, 4.69) is 0 Å². The minimum atomic E-state index is -3.99. The predicted molar refractivity (Wildman–Crippen MR) is 94.3 cm³/mol. The van der Waals surface area contributed by atoms with Crippen molar-refractivity contribution in [1.82, 2.24) is 4.31 Å². The summed E-state index contributed by atoms with van der Waals surface area (Å²) >= 11 is 12.1. The maximum absolute atomic E-state index is 13.0. The van der Waals surface area contributed by atoms with Crippen molar-refractivity contribution in [3.8, 4) is 0 Å². The van der Waals surface area contributed by atoms with Gasteiger partial charge in [-0.2, -0.15) is 4.31 Å². The van der Waals surface area contributed by atoms with Crippen LogP contribution in [0.2, 0.25) is 10.0 Å². The third kappa shape index (κ3) is 4.48. The highest BCUT2D eigenvalue weighted by molar-refractivity contribution is 7.89. The van der Waals surface area contributed by atoms with Crippen LogP contribution in [0.15, 0.2) is 53.4 Å². The highest BCUT2D eigenvalue weighted by Gasteiger charge is 2.29. The molecular formula is C16H16Cl2N2O3S. The lowest BCUT2D eigenvalue weighted by Gasteiger charge is -2.23. The number of hydrogen-bond donors (Lipinski definition) is 1. The molecular weight excluding hydrogens is 371 g/mol. The number of nitrogens with zero attached hydrogens (tertiary/aromatic N) is 1. The second kappa shape index (κ2) is 7.98. The van der Waals surface area contributed by atoms with Gasteiger partial charge in [-0.15, -0.1) is 0 Å². The largest absolute Gasteiger partial charge is 0.370 e. The Kier molecular flexibility index (Phi) is 6.23. The Bertz CT molecular complexity index is 806. The molecule has 0 atom stereocenters. The Labute approximate surface area is 151 Å². The Morgan fingerprint density at radius 3 is 2.12 bits per heavy atom. The fourth-order valence-electron chi connectivity index (χ4n) is 2.16. The average Bonchev–Trinajstić information content (AvgIpc) is 2.51. The van der Waals surface area contributed by atoms with Crippen LogP contribution in [0, 0.1) is 0 Å². The molecule has 0 spiro atoms. The summed E-state index contributed by atoms with van der Waals surface area (Å²) in [6, 6.07) is 13.5. The Morgan fingerprint density at radius 1 is 1.00 bits per heavy atom. The van der Waals surface area contributed by atoms with Gasteiger partial charge in [0.05, 0.1) is 10.0 Å². The van der Waals surface area contributed by atoms with Crippen LogP contribution >= 0.6 is 23.2 Å². The van der Waals surface area contributed by atoms with Gasteiger partial charge in [0.25, 0.3) is 0 Å². The standard InChI is InChI=1S/C16H16Cl2N2O3S/c17-13-7-4-8-14(18)16(13)24(22,23)20(10-9-15(19)21)11-12-5-2-1-3-6-12/h1-8H,9-11H2,(H2,19,21). The van der Waals surface area contributed by atoms with Crippen LogP contribution in [0.3, 0.4) is 0 Å². The number of carbonyl (C=O) groups is 1. The van der Waals surface area contributed by atoms with Gasteiger partial charge in [-0.3, -0.25) is 4.79 Å². The molecule has 0 aromatic heterocycles. The predicted octanol–water partition coefficient (Wildman–Crippen LogP) is 3.06. The minimum Gasteiger partial charge on any atom is -0.370 e. The highest BCUT2D eigenvalue weighted by Crippen LogP contribution is 2.32. The maximum atomic E-state index is 13.0. The topological polar surface area (TPSA) is 80.5 Å². The van der Waals surface area contributed by atoms with Gasteiger partial charge in [-0.1, -0.05) is 59.6 Å². The molecule has 2 aromatic rings. The normalized spacial score (nSPS) is 11.6. The molecule has 128 valence electrons. The number of hydrogen-bond acceptors (Lipinski definition) is 3. The summed E-state index contributed by atoms with van der Waals surface area (Å²) in [5.41, 5.74) is 5.94. The number of nitrogens with two attached hydrogens (primary N) is 1. The van der Waals surface area contributed by atoms with Gasteiger partial charge in [0, 0.05) is 19.5 Å². The second-order valence-corrected chi connectivity index (χ2v) is 7.78. The van der Waals surface area contributed by atoms with Crippen LogP contribution in [-0.2, 0) is 21.4 Å². The number of amides is 1. The van der Waals surface area contributed by atoms with Crippen molar-refractivity contribution in [1.29, 1.82) is 0 Å². The van der Waals surface area contributed by atoms with E-state index in [0.29, 0.717) is 0 Å². The molecule has 5 nitrogen and oxygen atoms in total. The van der Waals surface area contributed by atoms with Gasteiger partial charge < -0.3 is 5.73 Å². The molecule has 2 rings (SSSR count). The van der Waals surface area contributed by atoms with E-state index in [1.165, 1.54) is 12.1 Å². The molecule has 0 unspecified atom stereocenters. The number of carbonyl (C=O) groups excluding carboxylic acids is 1. The third-order valence-corrected chi connectivity index (χ3v) is 6.13. The molecule has 1 amide bonds. The lowest BCUT2D eigenvalue weighted by Crippen LogP contribution is -2.34. The molecule has 2 aromatic carbocycles. The van der Waals surface area contributed by atoms with Crippen molar-refractivity contribution in [3.63, 3.8) is 0 Å². The van der Waals surface area contributed by atoms with E-state index >= 15 is 0 Å². The highest BCUT2D eigenvalue weighted by atomic mass is 35.5. The van der Waals surface area contributed by atoms with Crippen LogP contribution in [0.4, 0.5) is 0 Å². The van der Waals surface area contributed by atoms with Crippen LogP contribution in [0.1, 0.15) is 12.0 Å². The van der Waals surface area contributed by atoms with Gasteiger partial charge >= 0.3 is 0 Å². The van der Waals surface area contributed by atoms with Crippen molar-refractivity contribution < 1.29 is 13.2 Å². The molecule has 0 fully saturated rings. The Morgan fingerprint density at radius 2 is 1.58 bits per heavy atom. The average molecular weight is 387 g/mol. The fourth-order valence-corrected chi connectivity index (χ4v) is 4.68. The molecule has 24 heavy (non-hydrogen) atoms. The smallest absolute Gasteiger partial charge is 0.246 e. The summed E-state index contributed by atoms with van der Waals surface area (Å²) in [5.74, 6) is -0.589. The summed E-state index contributed by atoms with van der Waals surface area (Å²) in [4.78, 5) is 10.9. The SMILES string of the molecule is NC(=O)CCN(Cc1ccccc1)S(=O)(=O)c1c(Cl)cccc1Cl. The zero-order valence-electron chi connectivity index (χ0n) is 12.7. The summed E-state index contributed by atoms with van der Waals surface area (Å²) in [6.07, 6.45) is -0.103. The molecule has 2 N–H and O–H groups in total. The van der Waals surface area contributed by atoms with Crippen molar-refractivity contribution in [2.24, 2.45) is 5.73 Å². The monoisotopic (exact) mass is 386 g/mol. The molecule has 0 bridgehead atoms. The van der Waals surface area contributed by atoms with Crippen molar-refractivity contribution in [2.75, 3.05) is 6.54 Å². The molecule has 0 saturated heterocycles. The molecule has 0 aliphatic carbocycles. The van der Waals surface area contributed by atoms with E-state index < -0.39 is 15.9 Å². The van der Waals surface area contributed by atoms with Crippen LogP contribution in [-0.4, -0.2) is 25.2 Å². The first-order chi connectivity index (χ1) is 11.3. The molecule has 0 aliphatic rings. The minimum absolute atomic E-state index is 0.0274. The number of halogens is 2. The Hall–Kier alpha value is -1.60. The number of rotatable bonds is 7. The van der Waals surface area contributed by atoms with Crippen molar-refractivity contribution in [3.05, 3.63) is 64.1 Å². The summed E-state index contributed by atoms with van der Waals surface area (Å²) in [6.45, 7) is 0.0200. The first-order valence-electron chi connectivity index (χ1n) is 7.09. The van der Waals surface area contributed by atoms with Crippen LogP contribution in [0.5, 0.6) is 0 Å². The maximum Gasteiger partial charge on any atom is 0.246 e. The van der Waals surface area contributed by atoms with Crippen molar-refractivity contribution in [2.45, 2.75) is 17.9 Å². The molecule has 8 heteroatoms. The van der Waals surface area contributed by atoms with Gasteiger partial charge in [0.15, 0.2) is 0 Å². The zero-order valence-corrected chi connectivity index (χ0v) is 15.0. The number of sulfonamides is 1. The molecule has 0 aliphatic heterocycles. The van der Waals surface area contributed by atoms with Crippen LogP contribution < -0.4 is 5.73 Å². The van der Waals surface area contributed by atoms with E-state index in [0.717, 1.165) is 9.87 Å². The van der Waals surface area contributed by atoms with E-state index in [4.69, 9.17) is 28.9 Å². The van der Waals surface area contributed by atoms with E-state index in [-0.39, 0.29) is 34.5 Å². The summed E-state index contributed by atoms with van der Waals surface area (Å²) < 4.78 is 27.1. The fraction of sp³-hybridized carbons (Fsp3) is 0.188. The van der Waals surface area contributed by atoms with E-state index in [9.17, 15) is 13.2 Å². The van der Waals surface area contributed by atoms with Crippen molar-refractivity contribution >= 4 is 39.1 Å². The lowest BCUT2D eigenvalue weighted by atomic mass is 10.2. The van der Waals surface area contributed by atoms with Gasteiger partial charge in [-0.25, -0.2) is 8.42 Å². The summed E-state index contributed by atoms with van der Waals surface area (Å²) in [7, 11) is -3.99. The molecule has 0 saturated carbocycles. The third-order valence-electron chi connectivity index (χ3n) is 3.33. The molecule has 0 radical (unpaired) electrons. The van der Waals surface area contributed by atoms with Gasteiger partial charge in [0.1, 0.15) is 4.90 Å². The van der Waals surface area contributed by atoms with E-state index in [1.807, 2.05) is 6.07 Å². The van der Waals surface area contributed by atoms with E-state index in [1.54, 1.807) is 30.3 Å². The second-order valence-electron chi connectivity index (χ2n) is 5.09. The zero-order chi connectivity index (χ0) is 17.7. The summed E-state index contributed by atoms with van der Waals surface area (Å²) in [5, 5.41) is 0.0549. The first-order valence-corrected chi connectivity index (χ1v) is 9.28. The van der Waals surface area contributed by atoms with Crippen LogP contribution in [0.25, 0.3) is 0 Å². The number of benzene rings is 2. The van der Waals surface area contributed by atoms with Gasteiger partial charge in [0.2, 0.25) is 15.9 Å². The molecule has 0 heterocycles. The quantitative estimate of drug-likeness (QED) is 0.793. The lowest BCUT2D eigenvalue weighted by molar-refractivity contribution is -0.118. The number of primary amides is 1. The first kappa shape index (κ1) is 18.7.